The van der Waals surface area contributed by atoms with Crippen molar-refractivity contribution in [2.45, 2.75) is 42.9 Å². The molecule has 0 aliphatic carbocycles. The summed E-state index contributed by atoms with van der Waals surface area (Å²) in [6, 6.07) is 15.3. The topological polar surface area (TPSA) is 75.7 Å². The van der Waals surface area contributed by atoms with Crippen molar-refractivity contribution in [1.29, 1.82) is 0 Å². The maximum atomic E-state index is 12.9. The largest absolute Gasteiger partial charge is 0.491 e. The molecule has 2 aromatic carbocycles. The highest BCUT2D eigenvalue weighted by Gasteiger charge is 2.33. The van der Waals surface area contributed by atoms with Gasteiger partial charge in [0.1, 0.15) is 5.75 Å². The number of ether oxygens (including phenoxy) is 1. The monoisotopic (exact) mass is 402 g/mol. The number of benzene rings is 2. The normalized spacial score (nSPS) is 17.4. The van der Waals surface area contributed by atoms with E-state index in [4.69, 9.17) is 4.74 Å². The molecule has 0 spiro atoms. The number of urea groups is 1. The number of likely N-dealkylation sites (tertiary alicyclic amines) is 1. The highest BCUT2D eigenvalue weighted by molar-refractivity contribution is 7.92. The summed E-state index contributed by atoms with van der Waals surface area (Å²) in [4.78, 5) is 14.5. The third kappa shape index (κ3) is 4.84. The third-order valence-electron chi connectivity index (χ3n) is 4.65. The van der Waals surface area contributed by atoms with Crippen LogP contribution < -0.4 is 10.1 Å². The molecule has 1 atom stereocenters. The number of carbonyl (C=O) groups excluding carboxylic acids is 1. The van der Waals surface area contributed by atoms with Crippen molar-refractivity contribution in [1.82, 2.24) is 4.90 Å². The number of nitrogens with zero attached hydrogens (tertiary/aromatic N) is 1. The highest BCUT2D eigenvalue weighted by Crippen LogP contribution is 2.24. The standard InChI is InChI=1S/C21H26N2O4S/c1-16(2)27-18-12-10-17(11-13-18)22-21(24)23-14-6-9-20(15-23)28(25,26)19-7-4-3-5-8-19/h3-5,7-8,10-13,16,20H,6,9,14-15H2,1-2H3,(H,22,24). The molecule has 1 heterocycles. The van der Waals surface area contributed by atoms with Crippen molar-refractivity contribution >= 4 is 21.6 Å². The molecule has 6 nitrogen and oxygen atoms in total. The van der Waals surface area contributed by atoms with Gasteiger partial charge in [-0.15, -0.1) is 0 Å². The van der Waals surface area contributed by atoms with Crippen LogP contribution in [0.25, 0.3) is 0 Å². The molecule has 7 heteroatoms. The summed E-state index contributed by atoms with van der Waals surface area (Å²) < 4.78 is 31.3. The van der Waals surface area contributed by atoms with E-state index in [-0.39, 0.29) is 18.7 Å². The van der Waals surface area contributed by atoms with Crippen LogP contribution >= 0.6 is 0 Å². The van der Waals surface area contributed by atoms with Crippen LogP contribution in [0.3, 0.4) is 0 Å². The van der Waals surface area contributed by atoms with E-state index in [1.54, 1.807) is 59.5 Å². The van der Waals surface area contributed by atoms with Crippen LogP contribution in [0.1, 0.15) is 26.7 Å². The summed E-state index contributed by atoms with van der Waals surface area (Å²) in [5.74, 6) is 0.736. The molecule has 1 aliphatic rings. The lowest BCUT2D eigenvalue weighted by Crippen LogP contribution is -2.46. The summed E-state index contributed by atoms with van der Waals surface area (Å²) in [6.45, 7) is 4.64. The van der Waals surface area contributed by atoms with Crippen molar-refractivity contribution < 1.29 is 17.9 Å². The first kappa shape index (κ1) is 20.2. The van der Waals surface area contributed by atoms with Crippen LogP contribution in [0.2, 0.25) is 0 Å². The molecule has 1 aliphatic heterocycles. The summed E-state index contributed by atoms with van der Waals surface area (Å²) in [5, 5.41) is 2.25. The van der Waals surface area contributed by atoms with Crippen molar-refractivity contribution in [3.05, 3.63) is 54.6 Å². The van der Waals surface area contributed by atoms with E-state index in [9.17, 15) is 13.2 Å². The van der Waals surface area contributed by atoms with Crippen LogP contribution in [0.15, 0.2) is 59.5 Å². The number of piperidine rings is 1. The zero-order valence-corrected chi connectivity index (χ0v) is 17.0. The zero-order chi connectivity index (χ0) is 20.1. The predicted octanol–water partition coefficient (Wildman–Crippen LogP) is 3.94. The first-order chi connectivity index (χ1) is 13.4. The maximum Gasteiger partial charge on any atom is 0.321 e. The number of carbonyl (C=O) groups is 1. The van der Waals surface area contributed by atoms with Gasteiger partial charge in [0.05, 0.1) is 16.2 Å². The smallest absolute Gasteiger partial charge is 0.321 e. The van der Waals surface area contributed by atoms with Gasteiger partial charge in [-0.05, 0) is 63.1 Å². The maximum absolute atomic E-state index is 12.9. The molecule has 0 bridgehead atoms. The molecule has 1 unspecified atom stereocenters. The molecular weight excluding hydrogens is 376 g/mol. The summed E-state index contributed by atoms with van der Waals surface area (Å²) in [7, 11) is -3.46. The minimum absolute atomic E-state index is 0.0808. The lowest BCUT2D eigenvalue weighted by Gasteiger charge is -2.32. The number of sulfone groups is 1. The van der Waals surface area contributed by atoms with Crippen LogP contribution in [-0.4, -0.2) is 43.8 Å². The highest BCUT2D eigenvalue weighted by atomic mass is 32.2. The molecule has 0 saturated carbocycles. The molecule has 0 radical (unpaired) electrons. The minimum atomic E-state index is -3.46. The Morgan fingerprint density at radius 3 is 2.43 bits per heavy atom. The van der Waals surface area contributed by atoms with Gasteiger partial charge >= 0.3 is 6.03 Å². The molecule has 2 amide bonds. The summed E-state index contributed by atoms with van der Waals surface area (Å²) in [6.07, 6.45) is 1.30. The van der Waals surface area contributed by atoms with Crippen molar-refractivity contribution in [2.24, 2.45) is 0 Å². The van der Waals surface area contributed by atoms with Crippen LogP contribution in [0, 0.1) is 0 Å². The van der Waals surface area contributed by atoms with E-state index in [1.165, 1.54) is 0 Å². The first-order valence-electron chi connectivity index (χ1n) is 9.48. The number of nitrogens with one attached hydrogen (secondary N) is 1. The molecule has 3 rings (SSSR count). The minimum Gasteiger partial charge on any atom is -0.491 e. The van der Waals surface area contributed by atoms with Crippen molar-refractivity contribution in [3.8, 4) is 5.75 Å². The fraction of sp³-hybridized carbons (Fsp3) is 0.381. The van der Waals surface area contributed by atoms with E-state index >= 15 is 0 Å². The Kier molecular flexibility index (Phi) is 6.24. The number of hydrogen-bond donors (Lipinski definition) is 1. The van der Waals surface area contributed by atoms with E-state index in [0.29, 0.717) is 30.0 Å². The lowest BCUT2D eigenvalue weighted by molar-refractivity contribution is 0.200. The second kappa shape index (κ2) is 8.65. The molecule has 28 heavy (non-hydrogen) atoms. The zero-order valence-electron chi connectivity index (χ0n) is 16.2. The molecular formula is C21H26N2O4S. The predicted molar refractivity (Wildman–Crippen MR) is 109 cm³/mol. The Labute approximate surface area is 166 Å². The molecule has 150 valence electrons. The average Bonchev–Trinajstić information content (AvgIpc) is 2.70. The van der Waals surface area contributed by atoms with Gasteiger partial charge in [0.25, 0.3) is 0 Å². The number of anilines is 1. The van der Waals surface area contributed by atoms with Gasteiger partial charge in [0, 0.05) is 18.8 Å². The van der Waals surface area contributed by atoms with Gasteiger partial charge in [0.2, 0.25) is 0 Å². The number of hydrogen-bond acceptors (Lipinski definition) is 4. The molecule has 2 aromatic rings. The Morgan fingerprint density at radius 2 is 1.79 bits per heavy atom. The van der Waals surface area contributed by atoms with Gasteiger partial charge in [0.15, 0.2) is 9.84 Å². The Hall–Kier alpha value is -2.54. The van der Waals surface area contributed by atoms with Gasteiger partial charge in [-0.3, -0.25) is 0 Å². The van der Waals surface area contributed by atoms with E-state index in [1.807, 2.05) is 13.8 Å². The van der Waals surface area contributed by atoms with Crippen LogP contribution in [0.5, 0.6) is 5.75 Å². The van der Waals surface area contributed by atoms with Gasteiger partial charge in [-0.1, -0.05) is 18.2 Å². The van der Waals surface area contributed by atoms with E-state index in [0.717, 1.165) is 5.75 Å². The van der Waals surface area contributed by atoms with Gasteiger partial charge < -0.3 is 15.0 Å². The second-order valence-electron chi connectivity index (χ2n) is 7.19. The molecule has 0 aromatic heterocycles. The van der Waals surface area contributed by atoms with Crippen molar-refractivity contribution in [3.63, 3.8) is 0 Å². The van der Waals surface area contributed by atoms with E-state index in [2.05, 4.69) is 5.32 Å². The van der Waals surface area contributed by atoms with Gasteiger partial charge in [-0.2, -0.15) is 0 Å². The number of rotatable bonds is 5. The summed E-state index contributed by atoms with van der Waals surface area (Å²) in [5.41, 5.74) is 0.647. The Bertz CT molecular complexity index is 896. The fourth-order valence-electron chi connectivity index (χ4n) is 3.27. The third-order valence-corrected chi connectivity index (χ3v) is 6.84. The first-order valence-corrected chi connectivity index (χ1v) is 11.0. The second-order valence-corrected chi connectivity index (χ2v) is 9.42. The van der Waals surface area contributed by atoms with Crippen LogP contribution in [0.4, 0.5) is 10.5 Å². The molecule has 1 fully saturated rings. The lowest BCUT2D eigenvalue weighted by atomic mass is 10.1. The Morgan fingerprint density at radius 1 is 1.11 bits per heavy atom. The number of amides is 2. The van der Waals surface area contributed by atoms with Crippen LogP contribution in [-0.2, 0) is 9.84 Å². The Balaban J connectivity index is 1.64. The van der Waals surface area contributed by atoms with Crippen molar-refractivity contribution in [2.75, 3.05) is 18.4 Å². The quantitative estimate of drug-likeness (QED) is 0.822. The van der Waals surface area contributed by atoms with E-state index < -0.39 is 15.1 Å². The van der Waals surface area contributed by atoms with Gasteiger partial charge in [-0.25, -0.2) is 13.2 Å². The average molecular weight is 403 g/mol. The molecule has 1 N–H and O–H groups in total. The SMILES string of the molecule is CC(C)Oc1ccc(NC(=O)N2CCCC(S(=O)(=O)c3ccccc3)C2)cc1. The summed E-state index contributed by atoms with van der Waals surface area (Å²) >= 11 is 0. The fourth-order valence-corrected chi connectivity index (χ4v) is 5.04. The molecule has 1 saturated heterocycles.